The van der Waals surface area contributed by atoms with Crippen LogP contribution < -0.4 is 0 Å². The molecule has 0 aliphatic carbocycles. The molecule has 2 heteroatoms. The van der Waals surface area contributed by atoms with Gasteiger partial charge in [-0.25, -0.2) is 0 Å². The molecule has 0 saturated carbocycles. The van der Waals surface area contributed by atoms with Gasteiger partial charge >= 0.3 is 0 Å². The molecule has 0 rings (SSSR count). The van der Waals surface area contributed by atoms with E-state index in [1.54, 1.807) is 0 Å². The smallest absolute Gasteiger partial charge is 0.225 e. The van der Waals surface area contributed by atoms with Gasteiger partial charge in [0.05, 0.1) is 0 Å². The fourth-order valence-electron chi connectivity index (χ4n) is 2.10. The highest BCUT2D eigenvalue weighted by molar-refractivity contribution is 5.78. The highest BCUT2D eigenvalue weighted by atomic mass is 16.2. The molecule has 0 aliphatic rings. The third-order valence-electron chi connectivity index (χ3n) is 2.70. The predicted octanol–water partition coefficient (Wildman–Crippen LogP) is 3.32. The molecule has 0 N–H and O–H groups in total. The van der Waals surface area contributed by atoms with Crippen molar-refractivity contribution in [3.63, 3.8) is 0 Å². The van der Waals surface area contributed by atoms with Crippen molar-refractivity contribution >= 4 is 5.91 Å². The van der Waals surface area contributed by atoms with Crippen molar-refractivity contribution in [1.29, 1.82) is 0 Å². The zero-order valence-electron chi connectivity index (χ0n) is 11.6. The summed E-state index contributed by atoms with van der Waals surface area (Å²) < 4.78 is 0. The van der Waals surface area contributed by atoms with Crippen molar-refractivity contribution in [2.75, 3.05) is 7.05 Å². The molecule has 15 heavy (non-hydrogen) atoms. The molecule has 0 aromatic rings. The first kappa shape index (κ1) is 14.5. The number of hydrogen-bond donors (Lipinski definition) is 0. The molecule has 0 fully saturated rings. The molecule has 0 radical (unpaired) electrons. The molecule has 90 valence electrons. The van der Waals surface area contributed by atoms with Crippen LogP contribution in [-0.2, 0) is 4.79 Å². The van der Waals surface area contributed by atoms with Crippen LogP contribution in [0.2, 0.25) is 0 Å². The van der Waals surface area contributed by atoms with Crippen LogP contribution in [0.15, 0.2) is 0 Å². The average molecular weight is 213 g/mol. The van der Waals surface area contributed by atoms with Gasteiger partial charge in [-0.3, -0.25) is 4.79 Å². The normalized spacial score (nSPS) is 13.1. The molecular weight excluding hydrogens is 186 g/mol. The fraction of sp³-hybridized carbons (Fsp3) is 0.923. The molecule has 2 nitrogen and oxygen atoms in total. The lowest BCUT2D eigenvalue weighted by atomic mass is 9.80. The standard InChI is InChI=1S/C13H27NO/c1-10(2)11(15)14(8)13(6,7)9-12(3,4)5/h10H,9H2,1-8H3. The maximum absolute atomic E-state index is 11.9. The molecule has 0 unspecified atom stereocenters. The summed E-state index contributed by atoms with van der Waals surface area (Å²) in [4.78, 5) is 13.8. The summed E-state index contributed by atoms with van der Waals surface area (Å²) in [7, 11) is 1.91. The van der Waals surface area contributed by atoms with Crippen LogP contribution in [0.1, 0.15) is 54.9 Å². The van der Waals surface area contributed by atoms with E-state index in [1.807, 2.05) is 25.8 Å². The molecule has 1 amide bonds. The molecule has 0 aromatic carbocycles. The van der Waals surface area contributed by atoms with Crippen LogP contribution in [-0.4, -0.2) is 23.4 Å². The Kier molecular flexibility index (Phi) is 4.38. The van der Waals surface area contributed by atoms with Crippen LogP contribution in [0, 0.1) is 11.3 Å². The van der Waals surface area contributed by atoms with Gasteiger partial charge in [0.25, 0.3) is 0 Å². The summed E-state index contributed by atoms with van der Waals surface area (Å²) in [5.74, 6) is 0.304. The molecule has 0 spiro atoms. The minimum absolute atomic E-state index is 0.0698. The first-order valence-corrected chi connectivity index (χ1v) is 5.75. The maximum Gasteiger partial charge on any atom is 0.225 e. The molecule has 0 aliphatic heterocycles. The summed E-state index contributed by atoms with van der Waals surface area (Å²) in [6, 6.07) is 0. The molecule has 0 bridgehead atoms. The third-order valence-corrected chi connectivity index (χ3v) is 2.70. The van der Waals surface area contributed by atoms with E-state index < -0.39 is 0 Å². The summed E-state index contributed by atoms with van der Waals surface area (Å²) in [6.45, 7) is 14.8. The quantitative estimate of drug-likeness (QED) is 0.704. The average Bonchev–Trinajstić information content (AvgIpc) is 1.96. The molecule has 0 saturated heterocycles. The van der Waals surface area contributed by atoms with Crippen LogP contribution in [0.5, 0.6) is 0 Å². The zero-order valence-corrected chi connectivity index (χ0v) is 11.6. The molecule has 0 heterocycles. The fourth-order valence-corrected chi connectivity index (χ4v) is 2.10. The van der Waals surface area contributed by atoms with Crippen LogP contribution in [0.3, 0.4) is 0 Å². The largest absolute Gasteiger partial charge is 0.340 e. The Morgan fingerprint density at radius 3 is 1.80 bits per heavy atom. The van der Waals surface area contributed by atoms with Gasteiger partial charge in [-0.2, -0.15) is 0 Å². The Morgan fingerprint density at radius 2 is 1.53 bits per heavy atom. The van der Waals surface area contributed by atoms with Gasteiger partial charge in [-0.15, -0.1) is 0 Å². The van der Waals surface area contributed by atoms with Gasteiger partial charge in [-0.05, 0) is 25.7 Å². The van der Waals surface area contributed by atoms with Crippen molar-refractivity contribution in [1.82, 2.24) is 4.90 Å². The Labute approximate surface area is 95.0 Å². The van der Waals surface area contributed by atoms with Crippen molar-refractivity contribution in [2.45, 2.75) is 60.4 Å². The maximum atomic E-state index is 11.9. The van der Waals surface area contributed by atoms with Gasteiger partial charge in [0, 0.05) is 18.5 Å². The Bertz CT molecular complexity index is 223. The van der Waals surface area contributed by atoms with Gasteiger partial charge in [-0.1, -0.05) is 34.6 Å². The zero-order chi connectivity index (χ0) is 12.4. The van der Waals surface area contributed by atoms with Crippen molar-refractivity contribution in [2.24, 2.45) is 11.3 Å². The van der Waals surface area contributed by atoms with Crippen molar-refractivity contribution in [3.8, 4) is 0 Å². The van der Waals surface area contributed by atoms with Crippen molar-refractivity contribution in [3.05, 3.63) is 0 Å². The monoisotopic (exact) mass is 213 g/mol. The number of carbonyl (C=O) groups excluding carboxylic acids is 1. The number of hydrogen-bond acceptors (Lipinski definition) is 1. The number of rotatable bonds is 3. The van der Waals surface area contributed by atoms with Gasteiger partial charge in [0.15, 0.2) is 0 Å². The SMILES string of the molecule is CC(C)C(=O)N(C)C(C)(C)CC(C)(C)C. The highest BCUT2D eigenvalue weighted by Gasteiger charge is 2.32. The second kappa shape index (κ2) is 4.54. The van der Waals surface area contributed by atoms with E-state index in [2.05, 4.69) is 34.6 Å². The summed E-state index contributed by atoms with van der Waals surface area (Å²) in [5.41, 5.74) is 0.175. The Balaban J connectivity index is 4.66. The van der Waals surface area contributed by atoms with Crippen LogP contribution in [0.25, 0.3) is 0 Å². The minimum atomic E-state index is -0.0698. The second-order valence-electron chi connectivity index (χ2n) is 6.60. The highest BCUT2D eigenvalue weighted by Crippen LogP contribution is 2.31. The molecule has 0 aromatic heterocycles. The van der Waals surface area contributed by atoms with Crippen LogP contribution in [0.4, 0.5) is 0 Å². The third kappa shape index (κ3) is 4.67. The summed E-state index contributed by atoms with van der Waals surface area (Å²) in [5, 5.41) is 0. The topological polar surface area (TPSA) is 20.3 Å². The van der Waals surface area contributed by atoms with Gasteiger partial charge in [0.1, 0.15) is 0 Å². The lowest BCUT2D eigenvalue weighted by Gasteiger charge is -2.41. The van der Waals surface area contributed by atoms with E-state index in [1.165, 1.54) is 0 Å². The van der Waals surface area contributed by atoms with Gasteiger partial charge < -0.3 is 4.90 Å². The summed E-state index contributed by atoms with van der Waals surface area (Å²) in [6.07, 6.45) is 1.01. The van der Waals surface area contributed by atoms with E-state index in [-0.39, 0.29) is 22.8 Å². The Hall–Kier alpha value is -0.530. The van der Waals surface area contributed by atoms with Crippen molar-refractivity contribution < 1.29 is 4.79 Å². The van der Waals surface area contributed by atoms with E-state index in [4.69, 9.17) is 0 Å². The second-order valence-corrected chi connectivity index (χ2v) is 6.60. The van der Waals surface area contributed by atoms with Gasteiger partial charge in [0.2, 0.25) is 5.91 Å². The number of amides is 1. The first-order valence-electron chi connectivity index (χ1n) is 5.75. The van der Waals surface area contributed by atoms with E-state index in [9.17, 15) is 4.79 Å². The first-order chi connectivity index (χ1) is 6.47. The van der Waals surface area contributed by atoms with Crippen LogP contribution >= 0.6 is 0 Å². The molecule has 0 atom stereocenters. The molecular formula is C13H27NO. The minimum Gasteiger partial charge on any atom is -0.340 e. The number of nitrogens with zero attached hydrogens (tertiary/aromatic N) is 1. The number of carbonyl (C=O) groups is 1. The lowest BCUT2D eigenvalue weighted by molar-refractivity contribution is -0.138. The predicted molar refractivity (Wildman–Crippen MR) is 65.8 cm³/mol. The van der Waals surface area contributed by atoms with E-state index in [0.717, 1.165) is 6.42 Å². The van der Waals surface area contributed by atoms with E-state index in [0.29, 0.717) is 0 Å². The van der Waals surface area contributed by atoms with E-state index >= 15 is 0 Å². The lowest BCUT2D eigenvalue weighted by Crippen LogP contribution is -2.48. The Morgan fingerprint density at radius 1 is 1.13 bits per heavy atom. The summed E-state index contributed by atoms with van der Waals surface area (Å²) >= 11 is 0.